The van der Waals surface area contributed by atoms with E-state index in [1.165, 1.54) is 5.56 Å². The van der Waals surface area contributed by atoms with Crippen molar-refractivity contribution in [3.05, 3.63) is 46.7 Å². The molecule has 0 atom stereocenters. The Bertz CT molecular complexity index is 508. The monoisotopic (exact) mass is 277 g/mol. The van der Waals surface area contributed by atoms with E-state index in [9.17, 15) is 4.79 Å². The molecule has 2 aromatic rings. The molecule has 0 saturated heterocycles. The molecule has 100 valence electrons. The third-order valence-corrected chi connectivity index (χ3v) is 3.20. The molecule has 0 unspecified atom stereocenters. The minimum Gasteiger partial charge on any atom is -0.482 e. The maximum Gasteiger partial charge on any atom is 0.344 e. The fourth-order valence-electron chi connectivity index (χ4n) is 1.47. The SMILES string of the molecule is Nc1ccc(OCC(=O)OCCc2ccsc2)cc1. The summed E-state index contributed by atoms with van der Waals surface area (Å²) in [5.74, 6) is 0.232. The number of carbonyl (C=O) groups is 1. The third-order valence-electron chi connectivity index (χ3n) is 2.47. The van der Waals surface area contributed by atoms with Crippen LogP contribution in [-0.2, 0) is 16.0 Å². The molecular weight excluding hydrogens is 262 g/mol. The summed E-state index contributed by atoms with van der Waals surface area (Å²) in [7, 11) is 0. The lowest BCUT2D eigenvalue weighted by atomic mass is 10.3. The summed E-state index contributed by atoms with van der Waals surface area (Å²) >= 11 is 1.63. The number of rotatable bonds is 6. The smallest absolute Gasteiger partial charge is 0.344 e. The second kappa shape index (κ2) is 6.80. The van der Waals surface area contributed by atoms with Crippen molar-refractivity contribution in [2.45, 2.75) is 6.42 Å². The molecule has 19 heavy (non-hydrogen) atoms. The predicted octanol–water partition coefficient (Wildman–Crippen LogP) is 2.50. The van der Waals surface area contributed by atoms with Gasteiger partial charge in [-0.15, -0.1) is 0 Å². The van der Waals surface area contributed by atoms with Crippen LogP contribution in [0.2, 0.25) is 0 Å². The van der Waals surface area contributed by atoms with E-state index in [0.29, 0.717) is 18.0 Å². The Morgan fingerprint density at radius 2 is 2.00 bits per heavy atom. The highest BCUT2D eigenvalue weighted by Crippen LogP contribution is 2.13. The number of hydrogen-bond acceptors (Lipinski definition) is 5. The highest BCUT2D eigenvalue weighted by molar-refractivity contribution is 7.07. The first-order valence-corrected chi connectivity index (χ1v) is 6.83. The molecule has 0 spiro atoms. The number of esters is 1. The Hall–Kier alpha value is -2.01. The number of benzene rings is 1. The van der Waals surface area contributed by atoms with Crippen LogP contribution in [0.25, 0.3) is 0 Å². The highest BCUT2D eigenvalue weighted by Gasteiger charge is 2.04. The van der Waals surface area contributed by atoms with Crippen LogP contribution in [-0.4, -0.2) is 19.2 Å². The second-order valence-corrected chi connectivity index (χ2v) is 4.74. The van der Waals surface area contributed by atoms with Crippen LogP contribution in [0.5, 0.6) is 5.75 Å². The second-order valence-electron chi connectivity index (χ2n) is 3.96. The molecule has 0 aliphatic rings. The summed E-state index contributed by atoms with van der Waals surface area (Å²) in [6.07, 6.45) is 0.733. The van der Waals surface area contributed by atoms with E-state index in [1.54, 1.807) is 35.6 Å². The number of nitrogens with two attached hydrogens (primary N) is 1. The van der Waals surface area contributed by atoms with Gasteiger partial charge in [0.2, 0.25) is 0 Å². The van der Waals surface area contributed by atoms with Crippen molar-refractivity contribution in [3.63, 3.8) is 0 Å². The highest BCUT2D eigenvalue weighted by atomic mass is 32.1. The number of hydrogen-bond donors (Lipinski definition) is 1. The maximum atomic E-state index is 11.4. The van der Waals surface area contributed by atoms with Crippen molar-refractivity contribution in [3.8, 4) is 5.75 Å². The van der Waals surface area contributed by atoms with Gasteiger partial charge in [-0.2, -0.15) is 11.3 Å². The first-order valence-electron chi connectivity index (χ1n) is 5.89. The number of thiophene rings is 1. The van der Waals surface area contributed by atoms with Crippen molar-refractivity contribution in [2.75, 3.05) is 18.9 Å². The molecule has 1 aromatic heterocycles. The van der Waals surface area contributed by atoms with Crippen LogP contribution in [0.15, 0.2) is 41.1 Å². The zero-order valence-electron chi connectivity index (χ0n) is 10.4. The minimum absolute atomic E-state index is 0.0897. The van der Waals surface area contributed by atoms with Gasteiger partial charge in [0.25, 0.3) is 0 Å². The average Bonchev–Trinajstić information content (AvgIpc) is 2.91. The Morgan fingerprint density at radius 3 is 2.68 bits per heavy atom. The molecule has 1 aromatic carbocycles. The molecule has 0 bridgehead atoms. The van der Waals surface area contributed by atoms with Gasteiger partial charge >= 0.3 is 5.97 Å². The van der Waals surface area contributed by atoms with Crippen molar-refractivity contribution in [2.24, 2.45) is 0 Å². The number of nitrogen functional groups attached to an aromatic ring is 1. The van der Waals surface area contributed by atoms with Gasteiger partial charge < -0.3 is 15.2 Å². The molecule has 0 aliphatic carbocycles. The lowest BCUT2D eigenvalue weighted by Crippen LogP contribution is -2.16. The summed E-state index contributed by atoms with van der Waals surface area (Å²) in [6, 6.07) is 8.89. The van der Waals surface area contributed by atoms with Crippen LogP contribution < -0.4 is 10.5 Å². The number of ether oxygens (including phenoxy) is 2. The summed E-state index contributed by atoms with van der Waals surface area (Å²) in [4.78, 5) is 11.4. The lowest BCUT2D eigenvalue weighted by Gasteiger charge is -2.06. The van der Waals surface area contributed by atoms with Gasteiger partial charge in [0.05, 0.1) is 6.61 Å². The average molecular weight is 277 g/mol. The van der Waals surface area contributed by atoms with Crippen LogP contribution in [0.3, 0.4) is 0 Å². The minimum atomic E-state index is -0.368. The molecule has 0 saturated carbocycles. The topological polar surface area (TPSA) is 61.5 Å². The number of carbonyl (C=O) groups excluding carboxylic acids is 1. The van der Waals surface area contributed by atoms with Gasteiger partial charge in [0, 0.05) is 12.1 Å². The van der Waals surface area contributed by atoms with Crippen molar-refractivity contribution < 1.29 is 14.3 Å². The Kier molecular flexibility index (Phi) is 4.80. The molecule has 2 N–H and O–H groups in total. The van der Waals surface area contributed by atoms with E-state index >= 15 is 0 Å². The van der Waals surface area contributed by atoms with Crippen LogP contribution in [0.4, 0.5) is 5.69 Å². The van der Waals surface area contributed by atoms with Crippen LogP contribution in [0.1, 0.15) is 5.56 Å². The predicted molar refractivity (Wildman–Crippen MR) is 75.3 cm³/mol. The molecular formula is C14H15NO3S. The number of anilines is 1. The Balaban J connectivity index is 1.65. The Labute approximate surface area is 115 Å². The van der Waals surface area contributed by atoms with Crippen molar-refractivity contribution >= 4 is 23.0 Å². The zero-order chi connectivity index (χ0) is 13.5. The first kappa shape index (κ1) is 13.4. The summed E-state index contributed by atoms with van der Waals surface area (Å²) in [6.45, 7) is 0.286. The molecule has 2 rings (SSSR count). The maximum absolute atomic E-state index is 11.4. The van der Waals surface area contributed by atoms with Gasteiger partial charge in [0.1, 0.15) is 5.75 Å². The normalized spacial score (nSPS) is 10.1. The molecule has 0 aliphatic heterocycles. The van der Waals surface area contributed by atoms with Crippen molar-refractivity contribution in [1.82, 2.24) is 0 Å². The molecule has 0 fully saturated rings. The standard InChI is InChI=1S/C14H15NO3S/c15-12-1-3-13(4-2-12)18-9-14(16)17-7-5-11-6-8-19-10-11/h1-4,6,8,10H,5,7,9,15H2. The van der Waals surface area contributed by atoms with Gasteiger partial charge in [-0.3, -0.25) is 0 Å². The first-order chi connectivity index (χ1) is 9.24. The fourth-order valence-corrected chi connectivity index (χ4v) is 2.17. The van der Waals surface area contributed by atoms with Gasteiger partial charge in [-0.25, -0.2) is 4.79 Å². The van der Waals surface area contributed by atoms with Gasteiger partial charge in [0.15, 0.2) is 6.61 Å². The van der Waals surface area contributed by atoms with E-state index in [2.05, 4.69) is 0 Å². The summed E-state index contributed by atoms with van der Waals surface area (Å²) in [5.41, 5.74) is 7.38. The summed E-state index contributed by atoms with van der Waals surface area (Å²) < 4.78 is 10.4. The van der Waals surface area contributed by atoms with Crippen LogP contribution >= 0.6 is 11.3 Å². The van der Waals surface area contributed by atoms with E-state index < -0.39 is 0 Å². The summed E-state index contributed by atoms with van der Waals surface area (Å²) in [5, 5.41) is 4.04. The van der Waals surface area contributed by atoms with E-state index in [0.717, 1.165) is 6.42 Å². The largest absolute Gasteiger partial charge is 0.482 e. The molecule has 0 radical (unpaired) electrons. The lowest BCUT2D eigenvalue weighted by molar-refractivity contribution is -0.145. The molecule has 0 amide bonds. The van der Waals surface area contributed by atoms with E-state index in [-0.39, 0.29) is 12.6 Å². The van der Waals surface area contributed by atoms with Gasteiger partial charge in [-0.05, 0) is 46.7 Å². The van der Waals surface area contributed by atoms with Crippen molar-refractivity contribution in [1.29, 1.82) is 0 Å². The van der Waals surface area contributed by atoms with Crippen LogP contribution in [0, 0.1) is 0 Å². The fraction of sp³-hybridized carbons (Fsp3) is 0.214. The zero-order valence-corrected chi connectivity index (χ0v) is 11.2. The van der Waals surface area contributed by atoms with E-state index in [1.807, 2.05) is 16.8 Å². The molecule has 1 heterocycles. The van der Waals surface area contributed by atoms with E-state index in [4.69, 9.17) is 15.2 Å². The molecule has 4 nitrogen and oxygen atoms in total. The Morgan fingerprint density at radius 1 is 1.21 bits per heavy atom. The quantitative estimate of drug-likeness (QED) is 0.651. The van der Waals surface area contributed by atoms with Gasteiger partial charge in [-0.1, -0.05) is 0 Å². The molecule has 5 heteroatoms. The third kappa shape index (κ3) is 4.63.